The number of nitrogens with zero attached hydrogens (tertiary/aromatic N) is 2. The molecule has 11 rings (SSSR count). The van der Waals surface area contributed by atoms with Gasteiger partial charge in [0, 0.05) is 115 Å². The van der Waals surface area contributed by atoms with Gasteiger partial charge < -0.3 is 20.5 Å². The molecule has 480 valence electrons. The van der Waals surface area contributed by atoms with E-state index < -0.39 is 44.6 Å². The second-order valence-electron chi connectivity index (χ2n) is 17.2. The summed E-state index contributed by atoms with van der Waals surface area (Å²) in [7, 11) is 32.0. The monoisotopic (exact) mass is 1840 g/mol. The molecule has 4 bridgehead atoms. The van der Waals surface area contributed by atoms with Gasteiger partial charge in [0.05, 0.1) is 25.8 Å². The molecule has 6 amide bonds. The highest BCUT2D eigenvalue weighted by molar-refractivity contribution is 15.0. The van der Waals surface area contributed by atoms with Crippen LogP contribution in [0.5, 0.6) is 0 Å². The zero-order valence-electron chi connectivity index (χ0n) is 43.2. The number of hydrogen-bond donors (Lipinski definition) is 5. The van der Waals surface area contributed by atoms with E-state index in [0.717, 1.165) is 45.4 Å². The van der Waals surface area contributed by atoms with Crippen molar-refractivity contribution in [2.75, 3.05) is 31.3 Å². The summed E-state index contributed by atoms with van der Waals surface area (Å²) in [5, 5.41) is 23.2. The van der Waals surface area contributed by atoms with Crippen LogP contribution in [0.4, 0.5) is 4.79 Å². The number of halogens is 2. The lowest BCUT2D eigenvalue weighted by atomic mass is 10.1. The van der Waals surface area contributed by atoms with Crippen LogP contribution in [0.2, 0.25) is 0 Å². The Balaban J connectivity index is 0.000000333. The molecule has 85 heavy (non-hydrogen) atoms. The summed E-state index contributed by atoms with van der Waals surface area (Å²) in [6, 6.07) is -0.670. The highest BCUT2D eigenvalue weighted by Gasteiger charge is 2.62. The quantitative estimate of drug-likeness (QED) is 0.0105. The van der Waals surface area contributed by atoms with Crippen LogP contribution in [0, 0.1) is 10.2 Å². The minimum atomic E-state index is -0.897. The number of nitrogens with two attached hydrogens (primary N) is 1. The smallest absolute Gasteiger partial charge is 0.334 e. The molecule has 0 aromatic carbocycles. The molecular weight excluding hydrogens is 1780 g/mol. The van der Waals surface area contributed by atoms with Gasteiger partial charge in [-0.25, -0.2) is 25.9 Å². The summed E-state index contributed by atoms with van der Waals surface area (Å²) in [6.07, 6.45) is 9.09. The fourth-order valence-electron chi connectivity index (χ4n) is 6.12. The molecule has 7 fully saturated rings. The van der Waals surface area contributed by atoms with Crippen LogP contribution in [-0.2, 0) is 66.7 Å². The Hall–Kier alpha value is 4.63. The summed E-state index contributed by atoms with van der Waals surface area (Å²) >= 11 is 13.1. The summed E-state index contributed by atoms with van der Waals surface area (Å²) in [5.74, 6) is -1.73. The first-order valence-electron chi connectivity index (χ1n) is 23.6. The van der Waals surface area contributed by atoms with Crippen molar-refractivity contribution in [3.05, 3.63) is 34.5 Å². The van der Waals surface area contributed by atoms with Crippen molar-refractivity contribution in [1.82, 2.24) is 31.1 Å². The SMILES string of the molecule is C.C.C1SS1.CC(C)(C)OC(=O)/S1=C2/NC(CCCCNC(=O)CCN3C(=O)C=CC3=O)C(=O)C(SS[CH-]1)SS2.II.N/S1=C2\NC(CCCCNC(=O)CCN3C(=O)C=CC3=O)C(=O)C(SS[CH-]1)SS2.S1SC12SS2.S1SC12SS2.S=PP=S. The first-order chi connectivity index (χ1) is 39.7. The Kier molecular flexibility index (Phi) is 43.9. The van der Waals surface area contributed by atoms with Gasteiger partial charge in [-0.2, -0.15) is 10.2 Å². The van der Waals surface area contributed by atoms with E-state index in [1.165, 1.54) is 83.4 Å². The Morgan fingerprint density at radius 2 is 1.05 bits per heavy atom. The summed E-state index contributed by atoms with van der Waals surface area (Å²) in [5.41, 5.74) is -0.597. The second kappa shape index (κ2) is 44.5. The third kappa shape index (κ3) is 33.2. The molecule has 6 N–H and O–H groups in total. The van der Waals surface area contributed by atoms with Crippen LogP contribution in [0.15, 0.2) is 24.3 Å². The molecular formula is C42H59I2N7O10P2S22-2. The van der Waals surface area contributed by atoms with Gasteiger partial charge in [-0.05, 0) is 191 Å². The number of carbonyl (C=O) groups excluding carboxylic acids is 9. The Labute approximate surface area is 611 Å². The minimum absolute atomic E-state index is 0. The van der Waals surface area contributed by atoms with Crippen LogP contribution >= 0.6 is 267 Å². The Morgan fingerprint density at radius 1 is 0.671 bits per heavy atom. The molecule has 11 aliphatic rings. The first-order valence-corrected chi connectivity index (χ1v) is 57.1. The van der Waals surface area contributed by atoms with E-state index in [1.54, 1.807) is 32.4 Å². The van der Waals surface area contributed by atoms with E-state index in [2.05, 4.69) is 82.1 Å². The molecule has 17 nitrogen and oxygen atoms in total. The number of hydrogen-bond acceptors (Lipinski definition) is 33. The van der Waals surface area contributed by atoms with Gasteiger partial charge in [-0.15, -0.1) is 21.6 Å². The lowest BCUT2D eigenvalue weighted by Crippen LogP contribution is -2.40. The molecule has 7 saturated heterocycles. The molecule has 43 heteroatoms. The molecule has 6 unspecified atom stereocenters. The van der Waals surface area contributed by atoms with Crippen molar-refractivity contribution < 1.29 is 47.9 Å². The van der Waals surface area contributed by atoms with Crippen molar-refractivity contribution in [2.45, 2.75) is 119 Å². The molecule has 0 aliphatic carbocycles. The predicted octanol–water partition coefficient (Wildman–Crippen LogP) is 16.1. The van der Waals surface area contributed by atoms with Crippen molar-refractivity contribution in [2.24, 2.45) is 5.14 Å². The number of unbranched alkanes of at least 4 members (excludes halogenated alkanes) is 2. The number of ether oxygens (including phenoxy) is 1. The van der Waals surface area contributed by atoms with Crippen molar-refractivity contribution in [1.29, 1.82) is 0 Å². The maximum absolute atomic E-state index is 13.0. The van der Waals surface area contributed by atoms with E-state index in [0.29, 0.717) is 44.3 Å². The molecule has 6 atom stereocenters. The fourth-order valence-corrected chi connectivity index (χ4v) is 36.6. The molecule has 0 aromatic rings. The van der Waals surface area contributed by atoms with Gasteiger partial charge in [-0.3, -0.25) is 80.4 Å². The number of Topliss-reactive ketones (excluding diaryl/α,β-unsaturated/α-hetero) is 2. The molecule has 11 aliphatic heterocycles. The molecule has 2 spiro atoms. The number of ketones is 2. The number of imide groups is 2. The van der Waals surface area contributed by atoms with Crippen LogP contribution in [0.1, 0.15) is 87.0 Å². The predicted molar refractivity (Wildman–Crippen MR) is 427 cm³/mol. The van der Waals surface area contributed by atoms with E-state index >= 15 is 0 Å². The number of fused-ring (bicyclic) bond motifs is 6. The van der Waals surface area contributed by atoms with E-state index in [9.17, 15) is 43.2 Å². The van der Waals surface area contributed by atoms with Crippen LogP contribution in [-0.4, -0.2) is 134 Å². The number of amides is 6. The molecule has 0 saturated carbocycles. The van der Waals surface area contributed by atoms with E-state index in [-0.39, 0.29) is 96.5 Å². The average Bonchev–Trinajstić information content (AvgIpc) is 2.03. The lowest BCUT2D eigenvalue weighted by Gasteiger charge is -2.28. The topological polar surface area (TPSA) is 243 Å². The highest BCUT2D eigenvalue weighted by Crippen LogP contribution is 2.93. The van der Waals surface area contributed by atoms with Gasteiger partial charge in [-0.1, -0.05) is 58.0 Å². The minimum Gasteiger partial charge on any atom is -0.454 e. The third-order valence-corrected chi connectivity index (χ3v) is 47.7. The van der Waals surface area contributed by atoms with Crippen molar-refractivity contribution in [3.63, 3.8) is 0 Å². The van der Waals surface area contributed by atoms with E-state index in [1.807, 2.05) is 139 Å². The fraction of sp³-hybridized carbons (Fsp3) is 0.595. The molecule has 0 radical (unpaired) electrons. The third-order valence-electron chi connectivity index (χ3n) is 10.1. The van der Waals surface area contributed by atoms with Crippen LogP contribution in [0.3, 0.4) is 0 Å². The number of rotatable bonds is 17. The standard InChI is InChI=1S/C21H28N3O6S5.C16H21N4O4S5.2CS4.CH2S2.2CH4.I2.P2S2/c1-21(2,3)30-20(29)35-12-31-32-18-17(28)13(23-19(35)34-33-18)6-4-5-10-22-14(25)9-11-24-15(26)7-8-16(24)27;17-29-9-25-26-15-14(24)10(19-16(29)28-27-15)3-1-2-7-18-11(21)6-8-20-12(22)4-5-13(20)23;2*2-1(3-2)4-5-1;1-2-3-1;;;1-2;3-1-2-4/h7-8,12-13,18,23H,4-6,9-11H2,1-3H3,(H,22,25);4-5,9-10,15,19H,1-3,6-8,17H2,(H,18,21);;;1H2;2*1H4;;/q2*-1;;;;;;;. The molecule has 11 heterocycles. The highest BCUT2D eigenvalue weighted by atomic mass is 128. The number of carbonyl (C=O) groups is 9. The van der Waals surface area contributed by atoms with Gasteiger partial charge in [0.1, 0.15) is 14.8 Å². The largest absolute Gasteiger partial charge is 0.454 e. The summed E-state index contributed by atoms with van der Waals surface area (Å²) in [4.78, 5) is 111. The Morgan fingerprint density at radius 3 is 1.40 bits per heavy atom. The Bertz CT molecular complexity index is 2420. The zero-order chi connectivity index (χ0) is 60.6. The second-order valence-corrected chi connectivity index (χ2v) is 51.5. The van der Waals surface area contributed by atoms with E-state index in [4.69, 9.17) is 9.88 Å². The van der Waals surface area contributed by atoms with Gasteiger partial charge in [0.15, 0.2) is 17.1 Å². The maximum atomic E-state index is 13.0. The van der Waals surface area contributed by atoms with Crippen molar-refractivity contribution in [3.8, 4) is 0 Å². The number of nitrogens with one attached hydrogen (secondary N) is 4. The first kappa shape index (κ1) is 83.9. The van der Waals surface area contributed by atoms with Gasteiger partial charge in [0.2, 0.25) is 11.8 Å². The molecule has 0 aromatic heterocycles. The van der Waals surface area contributed by atoms with Gasteiger partial charge >= 0.3 is 5.30 Å². The van der Waals surface area contributed by atoms with Gasteiger partial charge in [0.25, 0.3) is 23.6 Å². The summed E-state index contributed by atoms with van der Waals surface area (Å²) < 4.78 is 8.24. The van der Waals surface area contributed by atoms with Crippen molar-refractivity contribution >= 4 is 351 Å². The maximum Gasteiger partial charge on any atom is 0.334 e. The zero-order valence-corrected chi connectivity index (χ0v) is 67.2. The normalized spacial score (nSPS) is 26.2. The van der Waals surface area contributed by atoms with Crippen LogP contribution in [0.25, 0.3) is 0 Å². The summed E-state index contributed by atoms with van der Waals surface area (Å²) in [6.45, 7) is 6.55. The lowest BCUT2D eigenvalue weighted by molar-refractivity contribution is -0.139. The van der Waals surface area contributed by atoms with Crippen LogP contribution < -0.4 is 26.4 Å². The average molecular weight is 1840 g/mol.